The van der Waals surface area contributed by atoms with Gasteiger partial charge in [-0.3, -0.25) is 0 Å². The molecule has 0 aromatic rings. The van der Waals surface area contributed by atoms with Crippen molar-refractivity contribution in [1.82, 2.24) is 0 Å². The van der Waals surface area contributed by atoms with E-state index in [0.29, 0.717) is 13.0 Å². The molecular weight excluding hydrogens is 236 g/mol. The van der Waals surface area contributed by atoms with Crippen LogP contribution in [0.2, 0.25) is 0 Å². The first-order valence-corrected chi connectivity index (χ1v) is 6.98. The van der Waals surface area contributed by atoms with Gasteiger partial charge in [0.2, 0.25) is 0 Å². The summed E-state index contributed by atoms with van der Waals surface area (Å²) in [5.41, 5.74) is 0. The van der Waals surface area contributed by atoms with Gasteiger partial charge in [-0.1, -0.05) is 6.42 Å². The summed E-state index contributed by atoms with van der Waals surface area (Å²) in [4.78, 5) is 0. The standard InChI is InChI=1S/C13H22O5/c14-9-6-11(16-7-10(9)15)12-8-17-13(18-12)4-2-1-3-5-13/h9-12,14-15H,1-8H2/t9-,10+,11-,12+/m0/s1. The Hall–Kier alpha value is -0.200. The Morgan fingerprint density at radius 1 is 0.889 bits per heavy atom. The van der Waals surface area contributed by atoms with E-state index in [1.54, 1.807) is 0 Å². The van der Waals surface area contributed by atoms with E-state index in [1.807, 2.05) is 0 Å². The predicted molar refractivity (Wildman–Crippen MR) is 63.0 cm³/mol. The second-order valence-electron chi connectivity index (χ2n) is 5.68. The minimum atomic E-state index is -0.771. The lowest BCUT2D eigenvalue weighted by atomic mass is 9.94. The third kappa shape index (κ3) is 2.42. The van der Waals surface area contributed by atoms with Crippen LogP contribution in [0.25, 0.3) is 0 Å². The predicted octanol–water partition coefficient (Wildman–Crippen LogP) is 0.573. The van der Waals surface area contributed by atoms with Gasteiger partial charge in [-0.15, -0.1) is 0 Å². The highest BCUT2D eigenvalue weighted by Gasteiger charge is 2.46. The quantitative estimate of drug-likeness (QED) is 0.720. The van der Waals surface area contributed by atoms with Gasteiger partial charge in [-0.05, 0) is 12.8 Å². The van der Waals surface area contributed by atoms with E-state index >= 15 is 0 Å². The van der Waals surface area contributed by atoms with Crippen molar-refractivity contribution in [3.05, 3.63) is 0 Å². The highest BCUT2D eigenvalue weighted by atomic mass is 16.8. The minimum Gasteiger partial charge on any atom is -0.390 e. The number of aliphatic hydroxyl groups excluding tert-OH is 2. The van der Waals surface area contributed by atoms with Crippen LogP contribution in [0.1, 0.15) is 38.5 Å². The second-order valence-corrected chi connectivity index (χ2v) is 5.68. The molecule has 2 aliphatic heterocycles. The van der Waals surface area contributed by atoms with Gasteiger partial charge in [0.15, 0.2) is 5.79 Å². The minimum absolute atomic E-state index is 0.106. The highest BCUT2D eigenvalue weighted by Crippen LogP contribution is 2.39. The van der Waals surface area contributed by atoms with E-state index < -0.39 is 18.0 Å². The van der Waals surface area contributed by atoms with Gasteiger partial charge in [-0.25, -0.2) is 0 Å². The maximum Gasteiger partial charge on any atom is 0.169 e. The first-order chi connectivity index (χ1) is 8.69. The average Bonchev–Trinajstić information content (AvgIpc) is 2.78. The van der Waals surface area contributed by atoms with Crippen LogP contribution in [0, 0.1) is 0 Å². The summed E-state index contributed by atoms with van der Waals surface area (Å²) < 4.78 is 17.5. The normalized spacial score (nSPS) is 44.3. The fourth-order valence-corrected chi connectivity index (χ4v) is 3.17. The number of ether oxygens (including phenoxy) is 3. The molecule has 1 aliphatic carbocycles. The SMILES string of the molecule is O[C@@H]1CO[C@H]([C@H]2COC3(CCCCC3)O2)C[C@@H]1O. The molecule has 3 fully saturated rings. The van der Waals surface area contributed by atoms with Gasteiger partial charge in [0.1, 0.15) is 12.2 Å². The number of hydrogen-bond donors (Lipinski definition) is 2. The van der Waals surface area contributed by atoms with Crippen LogP contribution < -0.4 is 0 Å². The number of hydrogen-bond acceptors (Lipinski definition) is 5. The van der Waals surface area contributed by atoms with E-state index in [4.69, 9.17) is 14.2 Å². The van der Waals surface area contributed by atoms with E-state index in [1.165, 1.54) is 6.42 Å². The smallest absolute Gasteiger partial charge is 0.169 e. The molecular formula is C13H22O5. The Kier molecular flexibility index (Phi) is 3.60. The Balaban J connectivity index is 1.58. The van der Waals surface area contributed by atoms with Gasteiger partial charge in [0, 0.05) is 19.3 Å². The largest absolute Gasteiger partial charge is 0.390 e. The summed E-state index contributed by atoms with van der Waals surface area (Å²) in [5.74, 6) is -0.396. The molecule has 0 bridgehead atoms. The second kappa shape index (κ2) is 5.06. The molecule has 0 amide bonds. The third-order valence-electron chi connectivity index (χ3n) is 4.31. The van der Waals surface area contributed by atoms with Crippen molar-refractivity contribution in [3.63, 3.8) is 0 Å². The topological polar surface area (TPSA) is 68.2 Å². The molecule has 5 heteroatoms. The molecule has 2 saturated heterocycles. The molecule has 3 aliphatic rings. The average molecular weight is 258 g/mol. The van der Waals surface area contributed by atoms with Crippen molar-refractivity contribution < 1.29 is 24.4 Å². The maximum atomic E-state index is 9.68. The van der Waals surface area contributed by atoms with E-state index in [2.05, 4.69) is 0 Å². The Morgan fingerprint density at radius 3 is 2.39 bits per heavy atom. The lowest BCUT2D eigenvalue weighted by Gasteiger charge is -2.35. The van der Waals surface area contributed by atoms with Crippen LogP contribution in [0.15, 0.2) is 0 Å². The van der Waals surface area contributed by atoms with Crippen molar-refractivity contribution in [1.29, 1.82) is 0 Å². The van der Waals surface area contributed by atoms with Crippen molar-refractivity contribution in [2.24, 2.45) is 0 Å². The molecule has 5 nitrogen and oxygen atoms in total. The molecule has 2 heterocycles. The van der Waals surface area contributed by atoms with Crippen molar-refractivity contribution in [2.45, 2.75) is 68.7 Å². The molecule has 0 radical (unpaired) electrons. The van der Waals surface area contributed by atoms with Crippen LogP contribution >= 0.6 is 0 Å². The zero-order valence-corrected chi connectivity index (χ0v) is 10.6. The van der Waals surface area contributed by atoms with Crippen LogP contribution in [0.3, 0.4) is 0 Å². The third-order valence-corrected chi connectivity index (χ3v) is 4.31. The monoisotopic (exact) mass is 258 g/mol. The van der Waals surface area contributed by atoms with Gasteiger partial charge in [0.25, 0.3) is 0 Å². The van der Waals surface area contributed by atoms with Crippen LogP contribution in [-0.2, 0) is 14.2 Å². The molecule has 0 aromatic carbocycles. The summed E-state index contributed by atoms with van der Waals surface area (Å²) in [5, 5.41) is 19.1. The molecule has 18 heavy (non-hydrogen) atoms. The van der Waals surface area contributed by atoms with E-state index in [9.17, 15) is 10.2 Å². The first kappa shape index (κ1) is 12.8. The molecule has 1 saturated carbocycles. The number of aliphatic hydroxyl groups is 2. The zero-order valence-electron chi connectivity index (χ0n) is 10.6. The van der Waals surface area contributed by atoms with E-state index in [0.717, 1.165) is 25.7 Å². The Bertz CT molecular complexity index is 289. The number of rotatable bonds is 1. The molecule has 2 N–H and O–H groups in total. The van der Waals surface area contributed by atoms with Crippen molar-refractivity contribution >= 4 is 0 Å². The molecule has 0 aromatic heterocycles. The molecule has 0 unspecified atom stereocenters. The van der Waals surface area contributed by atoms with Crippen molar-refractivity contribution in [3.8, 4) is 0 Å². The molecule has 1 spiro atoms. The van der Waals surface area contributed by atoms with Gasteiger partial charge < -0.3 is 24.4 Å². The summed E-state index contributed by atoms with van der Waals surface area (Å²) in [6.45, 7) is 0.714. The van der Waals surface area contributed by atoms with Crippen LogP contribution in [-0.4, -0.2) is 53.6 Å². The van der Waals surface area contributed by atoms with Crippen LogP contribution in [0.5, 0.6) is 0 Å². The van der Waals surface area contributed by atoms with Gasteiger partial charge in [0.05, 0.1) is 25.4 Å². The van der Waals surface area contributed by atoms with Gasteiger partial charge >= 0.3 is 0 Å². The molecule has 104 valence electrons. The Morgan fingerprint density at radius 2 is 1.67 bits per heavy atom. The van der Waals surface area contributed by atoms with E-state index in [-0.39, 0.29) is 18.8 Å². The Labute approximate surface area is 107 Å². The first-order valence-electron chi connectivity index (χ1n) is 6.98. The highest BCUT2D eigenvalue weighted by molar-refractivity contribution is 4.89. The fraction of sp³-hybridized carbons (Fsp3) is 1.00. The summed E-state index contributed by atoms with van der Waals surface area (Å²) in [6.07, 6.45) is 4.15. The summed E-state index contributed by atoms with van der Waals surface area (Å²) in [6, 6.07) is 0. The maximum absolute atomic E-state index is 9.68. The van der Waals surface area contributed by atoms with Crippen LogP contribution in [0.4, 0.5) is 0 Å². The van der Waals surface area contributed by atoms with Gasteiger partial charge in [-0.2, -0.15) is 0 Å². The fourth-order valence-electron chi connectivity index (χ4n) is 3.17. The summed E-state index contributed by atoms with van der Waals surface area (Å²) >= 11 is 0. The summed E-state index contributed by atoms with van der Waals surface area (Å²) in [7, 11) is 0. The lowest BCUT2D eigenvalue weighted by Crippen LogP contribution is -2.47. The zero-order chi connectivity index (χ0) is 12.6. The molecule has 4 atom stereocenters. The molecule has 3 rings (SSSR count). The van der Waals surface area contributed by atoms with Crippen molar-refractivity contribution in [2.75, 3.05) is 13.2 Å². The lowest BCUT2D eigenvalue weighted by molar-refractivity contribution is -0.211.